The van der Waals surface area contributed by atoms with Gasteiger partial charge in [-0.15, -0.1) is 5.10 Å². The van der Waals surface area contributed by atoms with Crippen molar-refractivity contribution in [3.05, 3.63) is 53.7 Å². The fourth-order valence-corrected chi connectivity index (χ4v) is 4.23. The van der Waals surface area contributed by atoms with Gasteiger partial charge in [-0.1, -0.05) is 31.4 Å². The summed E-state index contributed by atoms with van der Waals surface area (Å²) in [5.41, 5.74) is 9.14. The summed E-state index contributed by atoms with van der Waals surface area (Å²) in [5.74, 6) is 0.530. The predicted octanol–water partition coefficient (Wildman–Crippen LogP) is 4.47. The summed E-state index contributed by atoms with van der Waals surface area (Å²) in [4.78, 5) is 13.9. The molecule has 1 amide bonds. The number of primary amides is 1. The van der Waals surface area contributed by atoms with Crippen LogP contribution < -0.4 is 10.6 Å². The van der Waals surface area contributed by atoms with Gasteiger partial charge in [0.05, 0.1) is 6.20 Å². The Morgan fingerprint density at radius 1 is 1.11 bits per heavy atom. The molecule has 1 aromatic heterocycles. The van der Waals surface area contributed by atoms with E-state index in [1.165, 1.54) is 32.1 Å². The Morgan fingerprint density at radius 2 is 1.89 bits per heavy atom. The lowest BCUT2D eigenvalue weighted by molar-refractivity contribution is 0.100. The highest BCUT2D eigenvalue weighted by atomic mass is 16.1. The minimum atomic E-state index is -0.413. The van der Waals surface area contributed by atoms with Gasteiger partial charge in [0.25, 0.3) is 0 Å². The molecule has 0 saturated heterocycles. The molecule has 0 bridgehead atoms. The van der Waals surface area contributed by atoms with Crippen molar-refractivity contribution in [2.45, 2.75) is 45.1 Å². The lowest BCUT2D eigenvalue weighted by Crippen LogP contribution is -2.34. The van der Waals surface area contributed by atoms with E-state index in [1.807, 2.05) is 25.3 Å². The average Bonchev–Trinajstić information content (AvgIpc) is 2.73. The van der Waals surface area contributed by atoms with E-state index in [2.05, 4.69) is 40.3 Å². The van der Waals surface area contributed by atoms with Crippen LogP contribution >= 0.6 is 0 Å². The number of amides is 1. The van der Waals surface area contributed by atoms with Gasteiger partial charge in [0.1, 0.15) is 0 Å². The van der Waals surface area contributed by atoms with Crippen LogP contribution in [0.15, 0.2) is 42.6 Å². The topological polar surface area (TPSA) is 72.1 Å². The van der Waals surface area contributed by atoms with Gasteiger partial charge in [-0.2, -0.15) is 5.10 Å². The predicted molar refractivity (Wildman–Crippen MR) is 114 cm³/mol. The number of nitrogens with zero attached hydrogens (tertiary/aromatic N) is 3. The van der Waals surface area contributed by atoms with Gasteiger partial charge in [-0.25, -0.2) is 0 Å². The molecular weight excluding hydrogens is 348 g/mol. The van der Waals surface area contributed by atoms with E-state index in [-0.39, 0.29) is 0 Å². The Balaban J connectivity index is 1.75. The smallest absolute Gasteiger partial charge is 0.248 e. The Hall–Kier alpha value is -2.95. The third-order valence-corrected chi connectivity index (χ3v) is 5.93. The molecule has 144 valence electrons. The number of hydrogen-bond acceptors (Lipinski definition) is 4. The van der Waals surface area contributed by atoms with Crippen molar-refractivity contribution in [2.24, 2.45) is 5.73 Å². The zero-order chi connectivity index (χ0) is 19.7. The lowest BCUT2D eigenvalue weighted by Gasteiger charge is -2.32. The number of benzene rings is 2. The molecule has 1 aliphatic carbocycles. The standard InChI is InChI=1S/C23H26N4O/c1-15-8-9-17(22(24)28)13-21(15)16-10-11-20-18(12-16)14-25-26-23(20)27(2)19-6-4-3-5-7-19/h8-14,19H,3-7H2,1-2H3,(H2,24,28). The van der Waals surface area contributed by atoms with Gasteiger partial charge in [0, 0.05) is 29.4 Å². The first-order chi connectivity index (χ1) is 13.5. The van der Waals surface area contributed by atoms with E-state index >= 15 is 0 Å². The van der Waals surface area contributed by atoms with Crippen molar-refractivity contribution >= 4 is 22.5 Å². The van der Waals surface area contributed by atoms with Gasteiger partial charge in [-0.05, 0) is 60.7 Å². The van der Waals surface area contributed by atoms with E-state index in [1.54, 1.807) is 6.07 Å². The molecule has 1 fully saturated rings. The second-order valence-electron chi connectivity index (χ2n) is 7.77. The number of hydrogen-bond donors (Lipinski definition) is 1. The van der Waals surface area contributed by atoms with Gasteiger partial charge < -0.3 is 10.6 Å². The minimum Gasteiger partial charge on any atom is -0.366 e. The van der Waals surface area contributed by atoms with E-state index in [4.69, 9.17) is 5.73 Å². The molecule has 4 rings (SSSR count). The molecule has 0 unspecified atom stereocenters. The van der Waals surface area contributed by atoms with Gasteiger partial charge in [0.15, 0.2) is 5.82 Å². The highest BCUT2D eigenvalue weighted by Gasteiger charge is 2.21. The SMILES string of the molecule is Cc1ccc(C(N)=O)cc1-c1ccc2c(N(C)C3CCCCC3)nncc2c1. The second kappa shape index (κ2) is 7.58. The third-order valence-electron chi connectivity index (χ3n) is 5.93. The summed E-state index contributed by atoms with van der Waals surface area (Å²) in [6.45, 7) is 2.04. The Kier molecular flexibility index (Phi) is 4.99. The van der Waals surface area contributed by atoms with Crippen molar-refractivity contribution in [1.29, 1.82) is 0 Å². The first-order valence-electron chi connectivity index (χ1n) is 9.93. The highest BCUT2D eigenvalue weighted by Crippen LogP contribution is 2.32. The summed E-state index contributed by atoms with van der Waals surface area (Å²) in [7, 11) is 2.13. The molecular formula is C23H26N4O. The van der Waals surface area contributed by atoms with Crippen LogP contribution in [-0.4, -0.2) is 29.2 Å². The van der Waals surface area contributed by atoms with Crippen LogP contribution in [-0.2, 0) is 0 Å². The van der Waals surface area contributed by atoms with Crippen LogP contribution in [0.25, 0.3) is 21.9 Å². The zero-order valence-corrected chi connectivity index (χ0v) is 16.5. The molecule has 2 aromatic carbocycles. The molecule has 28 heavy (non-hydrogen) atoms. The molecule has 0 radical (unpaired) electrons. The minimum absolute atomic E-state index is 0.413. The van der Waals surface area contributed by atoms with Gasteiger partial charge in [0.2, 0.25) is 5.91 Å². The summed E-state index contributed by atoms with van der Waals surface area (Å²) >= 11 is 0. The number of anilines is 1. The van der Waals surface area contributed by atoms with Gasteiger partial charge in [-0.3, -0.25) is 4.79 Å². The van der Waals surface area contributed by atoms with Crippen molar-refractivity contribution in [2.75, 3.05) is 11.9 Å². The zero-order valence-electron chi connectivity index (χ0n) is 16.5. The maximum Gasteiger partial charge on any atom is 0.248 e. The fourth-order valence-electron chi connectivity index (χ4n) is 4.23. The van der Waals surface area contributed by atoms with Crippen LogP contribution in [0.3, 0.4) is 0 Å². The van der Waals surface area contributed by atoms with Crippen molar-refractivity contribution in [3.63, 3.8) is 0 Å². The molecule has 1 saturated carbocycles. The van der Waals surface area contributed by atoms with Crippen molar-refractivity contribution < 1.29 is 4.79 Å². The first kappa shape index (κ1) is 18.4. The van der Waals surface area contributed by atoms with E-state index < -0.39 is 5.91 Å². The molecule has 5 heteroatoms. The largest absolute Gasteiger partial charge is 0.366 e. The van der Waals surface area contributed by atoms with Gasteiger partial charge >= 0.3 is 0 Å². The van der Waals surface area contributed by atoms with Crippen LogP contribution in [0, 0.1) is 6.92 Å². The van der Waals surface area contributed by atoms with E-state index in [9.17, 15) is 4.79 Å². The number of rotatable bonds is 4. The normalized spacial score (nSPS) is 14.9. The summed E-state index contributed by atoms with van der Waals surface area (Å²) in [5, 5.41) is 10.9. The molecule has 0 aliphatic heterocycles. The molecule has 1 aliphatic rings. The fraction of sp³-hybridized carbons (Fsp3) is 0.348. The first-order valence-corrected chi connectivity index (χ1v) is 9.93. The summed E-state index contributed by atoms with van der Waals surface area (Å²) < 4.78 is 0. The second-order valence-corrected chi connectivity index (χ2v) is 7.77. The maximum absolute atomic E-state index is 11.6. The number of aromatic nitrogens is 2. The number of carbonyl (C=O) groups is 1. The van der Waals surface area contributed by atoms with E-state index in [0.29, 0.717) is 11.6 Å². The Bertz CT molecular complexity index is 1020. The molecule has 2 N–H and O–H groups in total. The molecule has 1 heterocycles. The molecule has 0 atom stereocenters. The number of nitrogens with two attached hydrogens (primary N) is 1. The van der Waals surface area contributed by atoms with Crippen molar-refractivity contribution in [1.82, 2.24) is 10.2 Å². The van der Waals surface area contributed by atoms with Crippen LogP contribution in [0.4, 0.5) is 5.82 Å². The quantitative estimate of drug-likeness (QED) is 0.731. The summed E-state index contributed by atoms with van der Waals surface area (Å²) in [6.07, 6.45) is 8.14. The number of aryl methyl sites for hydroxylation is 1. The maximum atomic E-state index is 11.6. The number of carbonyl (C=O) groups excluding carboxylic acids is 1. The summed E-state index contributed by atoms with van der Waals surface area (Å²) in [6, 6.07) is 12.4. The van der Waals surface area contributed by atoms with Crippen LogP contribution in [0.2, 0.25) is 0 Å². The Morgan fingerprint density at radius 3 is 2.64 bits per heavy atom. The van der Waals surface area contributed by atoms with Crippen molar-refractivity contribution in [3.8, 4) is 11.1 Å². The van der Waals surface area contributed by atoms with Crippen LogP contribution in [0.5, 0.6) is 0 Å². The number of fused-ring (bicyclic) bond motifs is 1. The molecule has 0 spiro atoms. The monoisotopic (exact) mass is 374 g/mol. The molecule has 3 aromatic rings. The highest BCUT2D eigenvalue weighted by molar-refractivity contribution is 5.97. The third kappa shape index (κ3) is 3.44. The van der Waals surface area contributed by atoms with Crippen LogP contribution in [0.1, 0.15) is 48.0 Å². The Labute approximate surface area is 165 Å². The lowest BCUT2D eigenvalue weighted by atomic mass is 9.94. The molecule has 5 nitrogen and oxygen atoms in total. The van der Waals surface area contributed by atoms with E-state index in [0.717, 1.165) is 33.3 Å². The average molecular weight is 374 g/mol.